The van der Waals surface area contributed by atoms with E-state index in [1.54, 1.807) is 11.8 Å². The van der Waals surface area contributed by atoms with E-state index >= 15 is 0 Å². The van der Waals surface area contributed by atoms with Crippen LogP contribution >= 0.6 is 0 Å². The van der Waals surface area contributed by atoms with Crippen molar-refractivity contribution in [2.75, 3.05) is 38.1 Å². The van der Waals surface area contributed by atoms with Crippen molar-refractivity contribution in [1.82, 2.24) is 15.1 Å². The Morgan fingerprint density at radius 1 is 1.09 bits per heavy atom. The highest BCUT2D eigenvalue weighted by Crippen LogP contribution is 2.27. The molecule has 1 aromatic rings. The Morgan fingerprint density at radius 3 is 2.47 bits per heavy atom. The molecule has 3 amide bonds. The number of piperidine rings is 1. The summed E-state index contributed by atoms with van der Waals surface area (Å²) >= 11 is 0. The zero-order chi connectivity index (χ0) is 23.1. The monoisotopic (exact) mass is 444 g/mol. The average Bonchev–Trinajstić information content (AvgIpc) is 3.60. The predicted octanol–water partition coefficient (Wildman–Crippen LogP) is 2.83. The molecule has 2 N–H and O–H groups in total. The van der Waals surface area contributed by atoms with Gasteiger partial charge in [0, 0.05) is 43.8 Å². The predicted molar refractivity (Wildman–Crippen MR) is 124 cm³/mol. The van der Waals surface area contributed by atoms with Crippen LogP contribution in [0.15, 0.2) is 18.2 Å². The Bertz CT molecular complexity index is 816. The molecule has 0 spiro atoms. The van der Waals surface area contributed by atoms with Gasteiger partial charge in [-0.1, -0.05) is 12.1 Å². The summed E-state index contributed by atoms with van der Waals surface area (Å²) < 4.78 is 5.03. The maximum atomic E-state index is 12.6. The SMILES string of the molecule is CCOC(=O)N1CCC(NC(=O)CCN(CC(=O)Nc2cc(C)ccc2C)C2CC2)CC1. The van der Waals surface area contributed by atoms with Gasteiger partial charge in [-0.25, -0.2) is 4.79 Å². The average molecular weight is 445 g/mol. The minimum Gasteiger partial charge on any atom is -0.450 e. The van der Waals surface area contributed by atoms with Gasteiger partial charge in [0.25, 0.3) is 0 Å². The second-order valence-electron chi connectivity index (χ2n) is 8.85. The number of amides is 3. The quantitative estimate of drug-likeness (QED) is 0.611. The summed E-state index contributed by atoms with van der Waals surface area (Å²) in [7, 11) is 0. The van der Waals surface area contributed by atoms with Gasteiger partial charge in [-0.2, -0.15) is 0 Å². The van der Waals surface area contributed by atoms with Crippen molar-refractivity contribution in [3.63, 3.8) is 0 Å². The molecule has 2 aliphatic rings. The first-order chi connectivity index (χ1) is 15.4. The molecule has 0 atom stereocenters. The second kappa shape index (κ2) is 11.3. The third kappa shape index (κ3) is 7.22. The first-order valence-corrected chi connectivity index (χ1v) is 11.7. The summed E-state index contributed by atoms with van der Waals surface area (Å²) in [5, 5.41) is 6.10. The minimum atomic E-state index is -0.281. The maximum Gasteiger partial charge on any atom is 0.409 e. The van der Waals surface area contributed by atoms with Gasteiger partial charge in [0.2, 0.25) is 11.8 Å². The topological polar surface area (TPSA) is 91.0 Å². The molecule has 1 aliphatic heterocycles. The van der Waals surface area contributed by atoms with Crippen molar-refractivity contribution in [2.45, 2.75) is 65.0 Å². The minimum absolute atomic E-state index is 0.000159. The lowest BCUT2D eigenvalue weighted by Crippen LogP contribution is -2.47. The number of carbonyl (C=O) groups is 3. The van der Waals surface area contributed by atoms with Gasteiger partial charge in [0.05, 0.1) is 13.2 Å². The number of benzene rings is 1. The molecular weight excluding hydrogens is 408 g/mol. The Balaban J connectivity index is 1.41. The lowest BCUT2D eigenvalue weighted by Gasteiger charge is -2.31. The summed E-state index contributed by atoms with van der Waals surface area (Å²) in [5.74, 6) is -0.0440. The van der Waals surface area contributed by atoms with E-state index in [2.05, 4.69) is 15.5 Å². The zero-order valence-corrected chi connectivity index (χ0v) is 19.5. The Labute approximate surface area is 190 Å². The molecule has 0 radical (unpaired) electrons. The summed E-state index contributed by atoms with van der Waals surface area (Å²) in [6.45, 7) is 8.20. The van der Waals surface area contributed by atoms with Crippen molar-refractivity contribution >= 4 is 23.6 Å². The van der Waals surface area contributed by atoms with Crippen LogP contribution in [-0.2, 0) is 14.3 Å². The third-order valence-corrected chi connectivity index (χ3v) is 6.09. The molecule has 1 saturated carbocycles. The van der Waals surface area contributed by atoms with Gasteiger partial charge in [-0.05, 0) is 63.6 Å². The van der Waals surface area contributed by atoms with Crippen LogP contribution < -0.4 is 10.6 Å². The van der Waals surface area contributed by atoms with Gasteiger partial charge >= 0.3 is 6.09 Å². The van der Waals surface area contributed by atoms with Crippen LogP contribution in [-0.4, -0.2) is 72.6 Å². The van der Waals surface area contributed by atoms with E-state index in [4.69, 9.17) is 4.74 Å². The van der Waals surface area contributed by atoms with Crippen LogP contribution in [0.2, 0.25) is 0 Å². The molecule has 176 valence electrons. The standard InChI is InChI=1S/C24H36N4O4/c1-4-32-24(31)27-12-9-19(10-13-27)25-22(29)11-14-28(20-7-8-20)16-23(30)26-21-15-17(2)5-6-18(21)3/h5-6,15,19-20H,4,7-14,16H2,1-3H3,(H,25,29)(H,26,30). The first kappa shape index (κ1) is 24.0. The molecule has 0 bridgehead atoms. The van der Waals surface area contributed by atoms with Gasteiger partial charge in [-0.15, -0.1) is 0 Å². The molecule has 1 aliphatic carbocycles. The van der Waals surface area contributed by atoms with Crippen LogP contribution in [0, 0.1) is 13.8 Å². The highest BCUT2D eigenvalue weighted by atomic mass is 16.6. The van der Waals surface area contributed by atoms with E-state index in [1.165, 1.54) is 0 Å². The third-order valence-electron chi connectivity index (χ3n) is 6.09. The van der Waals surface area contributed by atoms with E-state index in [9.17, 15) is 14.4 Å². The zero-order valence-electron chi connectivity index (χ0n) is 19.5. The van der Waals surface area contributed by atoms with E-state index in [0.717, 1.165) is 42.5 Å². The highest BCUT2D eigenvalue weighted by Gasteiger charge is 2.31. The van der Waals surface area contributed by atoms with Crippen molar-refractivity contribution in [3.8, 4) is 0 Å². The van der Waals surface area contributed by atoms with Crippen molar-refractivity contribution in [2.24, 2.45) is 0 Å². The Hall–Kier alpha value is -2.61. The van der Waals surface area contributed by atoms with Crippen LogP contribution in [0.3, 0.4) is 0 Å². The maximum absolute atomic E-state index is 12.6. The van der Waals surface area contributed by atoms with Crippen LogP contribution in [0.5, 0.6) is 0 Å². The fourth-order valence-electron chi connectivity index (χ4n) is 4.04. The smallest absolute Gasteiger partial charge is 0.409 e. The molecule has 8 heteroatoms. The number of hydrogen-bond donors (Lipinski definition) is 2. The molecule has 8 nitrogen and oxygen atoms in total. The second-order valence-corrected chi connectivity index (χ2v) is 8.85. The number of likely N-dealkylation sites (tertiary alicyclic amines) is 1. The Morgan fingerprint density at radius 2 is 1.81 bits per heavy atom. The van der Waals surface area contributed by atoms with Crippen LogP contribution in [0.4, 0.5) is 10.5 Å². The fourth-order valence-corrected chi connectivity index (χ4v) is 4.04. The summed E-state index contributed by atoms with van der Waals surface area (Å²) in [4.78, 5) is 40.7. The molecule has 3 rings (SSSR count). The Kier molecular flexibility index (Phi) is 8.50. The summed E-state index contributed by atoms with van der Waals surface area (Å²) in [6, 6.07) is 6.48. The molecule has 1 saturated heterocycles. The van der Waals surface area contributed by atoms with Gasteiger partial charge in [0.15, 0.2) is 0 Å². The molecule has 1 aromatic carbocycles. The molecule has 0 aromatic heterocycles. The molecule has 0 unspecified atom stereocenters. The van der Waals surface area contributed by atoms with E-state index in [-0.39, 0.29) is 23.9 Å². The summed E-state index contributed by atoms with van der Waals surface area (Å²) in [6.07, 6.45) is 3.70. The van der Waals surface area contributed by atoms with E-state index < -0.39 is 0 Å². The number of anilines is 1. The van der Waals surface area contributed by atoms with Gasteiger partial charge in [0.1, 0.15) is 0 Å². The molecular formula is C24H36N4O4. The molecule has 2 fully saturated rings. The number of carbonyl (C=O) groups excluding carboxylic acids is 3. The summed E-state index contributed by atoms with van der Waals surface area (Å²) in [5.41, 5.74) is 2.99. The lowest BCUT2D eigenvalue weighted by molar-refractivity contribution is -0.123. The van der Waals surface area contributed by atoms with Crippen LogP contribution in [0.25, 0.3) is 0 Å². The first-order valence-electron chi connectivity index (χ1n) is 11.7. The number of nitrogens with zero attached hydrogens (tertiary/aromatic N) is 2. The molecule has 32 heavy (non-hydrogen) atoms. The number of ether oxygens (including phenoxy) is 1. The number of rotatable bonds is 9. The fraction of sp³-hybridized carbons (Fsp3) is 0.625. The number of hydrogen-bond acceptors (Lipinski definition) is 5. The number of nitrogens with one attached hydrogen (secondary N) is 2. The van der Waals surface area contributed by atoms with Crippen LogP contribution in [0.1, 0.15) is 50.2 Å². The molecule has 1 heterocycles. The normalized spacial score (nSPS) is 16.7. The van der Waals surface area contributed by atoms with Gasteiger partial charge < -0.3 is 20.3 Å². The van der Waals surface area contributed by atoms with E-state index in [1.807, 2.05) is 32.0 Å². The lowest BCUT2D eigenvalue weighted by atomic mass is 10.1. The largest absolute Gasteiger partial charge is 0.450 e. The van der Waals surface area contributed by atoms with Crippen molar-refractivity contribution < 1.29 is 19.1 Å². The van der Waals surface area contributed by atoms with E-state index in [0.29, 0.717) is 45.2 Å². The highest BCUT2D eigenvalue weighted by molar-refractivity contribution is 5.93. The van der Waals surface area contributed by atoms with Crippen molar-refractivity contribution in [1.29, 1.82) is 0 Å². The van der Waals surface area contributed by atoms with Crippen molar-refractivity contribution in [3.05, 3.63) is 29.3 Å². The van der Waals surface area contributed by atoms with Gasteiger partial charge in [-0.3, -0.25) is 14.5 Å². The number of aryl methyl sites for hydroxylation is 2.